The van der Waals surface area contributed by atoms with E-state index in [2.05, 4.69) is 20.8 Å². The molecule has 0 saturated carbocycles. The largest absolute Gasteiger partial charge is 0.325 e. The highest BCUT2D eigenvalue weighted by atomic mass is 32.2. The van der Waals surface area contributed by atoms with Crippen LogP contribution in [-0.4, -0.2) is 32.3 Å². The van der Waals surface area contributed by atoms with Crippen LogP contribution in [0.25, 0.3) is 10.8 Å². The fourth-order valence-corrected chi connectivity index (χ4v) is 3.85. The van der Waals surface area contributed by atoms with Crippen molar-refractivity contribution in [2.45, 2.75) is 11.6 Å². The summed E-state index contributed by atoms with van der Waals surface area (Å²) in [5.74, 6) is -0.535. The van der Waals surface area contributed by atoms with Gasteiger partial charge in [-0.3, -0.25) is 9.59 Å². The molecule has 0 fully saturated rings. The van der Waals surface area contributed by atoms with Gasteiger partial charge in [-0.15, -0.1) is 10.2 Å². The molecule has 0 bridgehead atoms. The molecular weight excluding hydrogens is 429 g/mol. The molecule has 0 aliphatic carbocycles. The number of halogens is 1. The Balaban J connectivity index is 1.32. The molecule has 4 aromatic rings. The van der Waals surface area contributed by atoms with Crippen molar-refractivity contribution in [1.82, 2.24) is 14.8 Å². The van der Waals surface area contributed by atoms with E-state index in [1.54, 1.807) is 23.7 Å². The van der Waals surface area contributed by atoms with Gasteiger partial charge in [-0.05, 0) is 35.0 Å². The molecule has 0 aliphatic heterocycles. The summed E-state index contributed by atoms with van der Waals surface area (Å²) in [6, 6.07) is 19.6. The molecule has 2 N–H and O–H groups in total. The topological polar surface area (TPSA) is 88.9 Å². The second-order valence-electron chi connectivity index (χ2n) is 7.06. The highest BCUT2D eigenvalue weighted by molar-refractivity contribution is 7.99. The van der Waals surface area contributed by atoms with Gasteiger partial charge in [0.25, 0.3) is 0 Å². The van der Waals surface area contributed by atoms with Crippen LogP contribution in [0.15, 0.2) is 71.9 Å². The third kappa shape index (κ3) is 5.12. The van der Waals surface area contributed by atoms with Crippen molar-refractivity contribution in [1.29, 1.82) is 0 Å². The number of anilines is 2. The Hall–Kier alpha value is -3.72. The van der Waals surface area contributed by atoms with Gasteiger partial charge >= 0.3 is 0 Å². The Morgan fingerprint density at radius 3 is 2.50 bits per heavy atom. The van der Waals surface area contributed by atoms with Gasteiger partial charge < -0.3 is 15.2 Å². The summed E-state index contributed by atoms with van der Waals surface area (Å²) in [6.45, 7) is 0. The van der Waals surface area contributed by atoms with E-state index in [4.69, 9.17) is 0 Å². The van der Waals surface area contributed by atoms with E-state index in [-0.39, 0.29) is 23.8 Å². The Bertz CT molecular complexity index is 1290. The average molecular weight is 450 g/mol. The molecule has 9 heteroatoms. The summed E-state index contributed by atoms with van der Waals surface area (Å²) in [6.07, 6.45) is -0.0678. The van der Waals surface area contributed by atoms with Gasteiger partial charge in [0, 0.05) is 12.7 Å². The van der Waals surface area contributed by atoms with E-state index in [0.29, 0.717) is 11.0 Å². The lowest BCUT2D eigenvalue weighted by Gasteiger charge is -2.07. The first-order valence-electron chi connectivity index (χ1n) is 9.84. The summed E-state index contributed by atoms with van der Waals surface area (Å²) in [5, 5.41) is 16.1. The van der Waals surface area contributed by atoms with Crippen molar-refractivity contribution in [2.75, 3.05) is 16.4 Å². The van der Waals surface area contributed by atoms with Gasteiger partial charge in [-0.2, -0.15) is 0 Å². The number of nitrogens with one attached hydrogen (secondary N) is 2. The van der Waals surface area contributed by atoms with E-state index in [1.807, 2.05) is 42.5 Å². The number of hydrogen-bond acceptors (Lipinski definition) is 5. The molecule has 0 saturated heterocycles. The molecule has 1 heterocycles. The van der Waals surface area contributed by atoms with Gasteiger partial charge in [-0.25, -0.2) is 4.39 Å². The molecule has 2 amide bonds. The van der Waals surface area contributed by atoms with Crippen molar-refractivity contribution in [2.24, 2.45) is 7.05 Å². The molecule has 0 unspecified atom stereocenters. The zero-order valence-electron chi connectivity index (χ0n) is 17.2. The standard InChI is InChI=1S/C23H20FN5O2S/c1-29-20(13-21(30)26-19-9-5-4-8-18(19)24)27-28-23(29)32-14-22(31)25-17-11-10-15-6-2-3-7-16(15)12-17/h2-12H,13-14H2,1H3,(H,25,31)(H,26,30). The van der Waals surface area contributed by atoms with E-state index in [9.17, 15) is 14.0 Å². The van der Waals surface area contributed by atoms with Crippen LogP contribution in [0.4, 0.5) is 15.8 Å². The average Bonchev–Trinajstić information content (AvgIpc) is 3.13. The third-order valence-electron chi connectivity index (χ3n) is 4.76. The number of nitrogens with zero attached hydrogens (tertiary/aromatic N) is 3. The molecule has 0 atom stereocenters. The minimum absolute atomic E-state index is 0.0678. The molecule has 32 heavy (non-hydrogen) atoms. The maximum absolute atomic E-state index is 13.7. The normalized spacial score (nSPS) is 10.8. The number of amides is 2. The molecule has 4 rings (SSSR count). The van der Waals surface area contributed by atoms with E-state index < -0.39 is 11.7 Å². The van der Waals surface area contributed by atoms with Crippen LogP contribution in [0.1, 0.15) is 5.82 Å². The van der Waals surface area contributed by atoms with Crippen LogP contribution < -0.4 is 10.6 Å². The lowest BCUT2D eigenvalue weighted by Crippen LogP contribution is -2.18. The molecular formula is C23H20FN5O2S. The monoisotopic (exact) mass is 449 g/mol. The summed E-state index contributed by atoms with van der Waals surface area (Å²) < 4.78 is 15.3. The molecule has 162 valence electrons. The number of aromatic nitrogens is 3. The van der Waals surface area contributed by atoms with Crippen LogP contribution in [0.2, 0.25) is 0 Å². The smallest absolute Gasteiger partial charge is 0.234 e. The first-order valence-corrected chi connectivity index (χ1v) is 10.8. The molecule has 0 radical (unpaired) electrons. The maximum atomic E-state index is 13.7. The number of carbonyl (C=O) groups excluding carboxylic acids is 2. The van der Waals surface area contributed by atoms with Crippen molar-refractivity contribution in [3.05, 3.63) is 78.4 Å². The number of hydrogen-bond donors (Lipinski definition) is 2. The Morgan fingerprint density at radius 1 is 0.938 bits per heavy atom. The highest BCUT2D eigenvalue weighted by Crippen LogP contribution is 2.20. The van der Waals surface area contributed by atoms with Crippen LogP contribution in [-0.2, 0) is 23.1 Å². The molecule has 3 aromatic carbocycles. The maximum Gasteiger partial charge on any atom is 0.234 e. The summed E-state index contributed by atoms with van der Waals surface area (Å²) in [7, 11) is 1.72. The van der Waals surface area contributed by atoms with Gasteiger partial charge in [0.15, 0.2) is 5.16 Å². The minimum atomic E-state index is -0.507. The SMILES string of the molecule is Cn1c(CC(=O)Nc2ccccc2F)nnc1SCC(=O)Nc1ccc2ccccc2c1. The molecule has 1 aromatic heterocycles. The van der Waals surface area contributed by atoms with Crippen LogP contribution in [0.3, 0.4) is 0 Å². The number of thioether (sulfide) groups is 1. The number of benzene rings is 3. The van der Waals surface area contributed by atoms with E-state index in [1.165, 1.54) is 23.9 Å². The number of para-hydroxylation sites is 1. The van der Waals surface area contributed by atoms with Crippen molar-refractivity contribution in [3.8, 4) is 0 Å². The minimum Gasteiger partial charge on any atom is -0.325 e. The predicted molar refractivity (Wildman–Crippen MR) is 123 cm³/mol. The first-order chi connectivity index (χ1) is 15.5. The Labute approximate surface area is 188 Å². The molecule has 0 aliphatic rings. The highest BCUT2D eigenvalue weighted by Gasteiger charge is 2.15. The van der Waals surface area contributed by atoms with Crippen molar-refractivity contribution in [3.63, 3.8) is 0 Å². The number of rotatable bonds is 7. The Kier molecular flexibility index (Phi) is 6.46. The number of carbonyl (C=O) groups is 2. The van der Waals surface area contributed by atoms with Crippen LogP contribution in [0.5, 0.6) is 0 Å². The van der Waals surface area contributed by atoms with Gasteiger partial charge in [0.2, 0.25) is 11.8 Å². The van der Waals surface area contributed by atoms with E-state index >= 15 is 0 Å². The zero-order valence-corrected chi connectivity index (χ0v) is 18.0. The van der Waals surface area contributed by atoms with Crippen LogP contribution >= 0.6 is 11.8 Å². The summed E-state index contributed by atoms with van der Waals surface area (Å²) in [4.78, 5) is 24.6. The quantitative estimate of drug-likeness (QED) is 0.416. The summed E-state index contributed by atoms with van der Waals surface area (Å²) >= 11 is 1.22. The van der Waals surface area contributed by atoms with E-state index in [0.717, 1.165) is 16.5 Å². The number of fused-ring (bicyclic) bond motifs is 1. The second kappa shape index (κ2) is 9.61. The lowest BCUT2D eigenvalue weighted by molar-refractivity contribution is -0.116. The van der Waals surface area contributed by atoms with Gasteiger partial charge in [-0.1, -0.05) is 54.2 Å². The van der Waals surface area contributed by atoms with Gasteiger partial charge in [0.1, 0.15) is 11.6 Å². The first kappa shape index (κ1) is 21.5. The lowest BCUT2D eigenvalue weighted by atomic mass is 10.1. The fraction of sp³-hybridized carbons (Fsp3) is 0.130. The van der Waals surface area contributed by atoms with Crippen molar-refractivity contribution >= 4 is 45.7 Å². The van der Waals surface area contributed by atoms with Crippen molar-refractivity contribution < 1.29 is 14.0 Å². The second-order valence-corrected chi connectivity index (χ2v) is 8.00. The van der Waals surface area contributed by atoms with Gasteiger partial charge in [0.05, 0.1) is 17.9 Å². The predicted octanol–water partition coefficient (Wildman–Crippen LogP) is 4.02. The van der Waals surface area contributed by atoms with Crippen LogP contribution in [0, 0.1) is 5.82 Å². The third-order valence-corrected chi connectivity index (χ3v) is 5.78. The summed E-state index contributed by atoms with van der Waals surface area (Å²) in [5.41, 5.74) is 0.831. The molecule has 0 spiro atoms. The fourth-order valence-electron chi connectivity index (χ4n) is 3.12. The Morgan fingerprint density at radius 2 is 1.69 bits per heavy atom. The zero-order chi connectivity index (χ0) is 22.5. The molecule has 7 nitrogen and oxygen atoms in total.